The third-order valence-corrected chi connectivity index (χ3v) is 10.9. The van der Waals surface area contributed by atoms with Gasteiger partial charge >= 0.3 is 17.6 Å². The van der Waals surface area contributed by atoms with Gasteiger partial charge in [-0.3, -0.25) is 0 Å². The number of nitrogens with zero attached hydrogens (tertiary/aromatic N) is 1. The van der Waals surface area contributed by atoms with Gasteiger partial charge in [0.1, 0.15) is 0 Å². The van der Waals surface area contributed by atoms with Crippen LogP contribution in [0.15, 0.2) is 0 Å². The first-order valence-electron chi connectivity index (χ1n) is 12.1. The Morgan fingerprint density at radius 2 is 0.767 bits per heavy atom. The molecule has 0 aliphatic heterocycles. The molecule has 0 rings (SSSR count). The topological polar surface area (TPSA) is 58.6 Å². The number of rotatable bonds is 22. The van der Waals surface area contributed by atoms with E-state index in [0.717, 1.165) is 51.0 Å². The third kappa shape index (κ3) is 12.3. The molecular weight excluding hydrogens is 418 g/mol. The fourth-order valence-corrected chi connectivity index (χ4v) is 8.88. The van der Waals surface area contributed by atoms with Crippen molar-refractivity contribution < 1.29 is 26.6 Å². The highest BCUT2D eigenvalue weighted by atomic mass is 28.4. The SMILES string of the molecule is CCCN(CCC[Si](OCC)(OCC)OCC)CCC[Si](OCC)(OCC)OCC. The van der Waals surface area contributed by atoms with Crippen LogP contribution < -0.4 is 0 Å². The molecule has 0 aliphatic carbocycles. The molecule has 0 saturated carbocycles. The van der Waals surface area contributed by atoms with Gasteiger partial charge in [0.05, 0.1) is 0 Å². The number of hydrogen-bond donors (Lipinski definition) is 0. The minimum Gasteiger partial charge on any atom is -0.374 e. The van der Waals surface area contributed by atoms with Crippen LogP contribution >= 0.6 is 0 Å². The van der Waals surface area contributed by atoms with E-state index in [1.54, 1.807) is 0 Å². The molecule has 0 saturated heterocycles. The van der Waals surface area contributed by atoms with Gasteiger partial charge in [-0.25, -0.2) is 0 Å². The minimum absolute atomic E-state index is 0.629. The Labute approximate surface area is 188 Å². The van der Waals surface area contributed by atoms with Crippen LogP contribution in [0.4, 0.5) is 0 Å². The largest absolute Gasteiger partial charge is 0.500 e. The van der Waals surface area contributed by atoms with Crippen molar-refractivity contribution in [2.45, 2.75) is 79.8 Å². The normalized spacial score (nSPS) is 12.8. The summed E-state index contributed by atoms with van der Waals surface area (Å²) in [5.74, 6) is 0. The zero-order chi connectivity index (χ0) is 22.7. The van der Waals surface area contributed by atoms with Gasteiger partial charge in [-0.05, 0) is 80.4 Å². The third-order valence-electron chi connectivity index (χ3n) is 4.64. The molecule has 9 heteroatoms. The molecule has 30 heavy (non-hydrogen) atoms. The highest BCUT2D eigenvalue weighted by Crippen LogP contribution is 2.21. The van der Waals surface area contributed by atoms with Gasteiger partial charge in [-0.1, -0.05) is 6.92 Å². The van der Waals surface area contributed by atoms with Gasteiger partial charge in [0.2, 0.25) is 0 Å². The second-order valence-electron chi connectivity index (χ2n) is 7.01. The van der Waals surface area contributed by atoms with Crippen LogP contribution in [0.25, 0.3) is 0 Å². The smallest absolute Gasteiger partial charge is 0.374 e. The van der Waals surface area contributed by atoms with E-state index in [4.69, 9.17) is 26.6 Å². The van der Waals surface area contributed by atoms with E-state index in [1.165, 1.54) is 0 Å². The predicted octanol–water partition coefficient (Wildman–Crippen LogP) is 4.58. The van der Waals surface area contributed by atoms with Crippen LogP contribution in [0.2, 0.25) is 12.1 Å². The lowest BCUT2D eigenvalue weighted by atomic mass is 10.3. The summed E-state index contributed by atoms with van der Waals surface area (Å²) in [5.41, 5.74) is 0. The fraction of sp³-hybridized carbons (Fsp3) is 1.00. The van der Waals surface area contributed by atoms with Crippen molar-refractivity contribution in [3.05, 3.63) is 0 Å². The van der Waals surface area contributed by atoms with Gasteiger partial charge in [-0.15, -0.1) is 0 Å². The molecule has 0 N–H and O–H groups in total. The highest BCUT2D eigenvalue weighted by Gasteiger charge is 2.41. The summed E-state index contributed by atoms with van der Waals surface area (Å²) in [4.78, 5) is 2.52. The Balaban J connectivity index is 4.77. The van der Waals surface area contributed by atoms with Crippen molar-refractivity contribution in [1.82, 2.24) is 4.90 Å². The molecule has 0 spiro atoms. The molecule has 0 aromatic rings. The van der Waals surface area contributed by atoms with E-state index in [2.05, 4.69) is 11.8 Å². The standard InChI is InChI=1S/C21H49NO6Si2/c1-8-17-22(18-15-20-29(23-9-2,24-10-3)25-11-4)19-16-21-30(26-12-5,27-13-6)28-14-7/h8-21H2,1-7H3. The van der Waals surface area contributed by atoms with Crippen molar-refractivity contribution in [3.8, 4) is 0 Å². The van der Waals surface area contributed by atoms with Crippen molar-refractivity contribution in [2.24, 2.45) is 0 Å². The van der Waals surface area contributed by atoms with Gasteiger partial charge in [0.25, 0.3) is 0 Å². The van der Waals surface area contributed by atoms with Crippen molar-refractivity contribution >= 4 is 17.6 Å². The maximum absolute atomic E-state index is 5.99. The molecule has 0 amide bonds. The fourth-order valence-electron chi connectivity index (χ4n) is 3.69. The molecule has 0 heterocycles. The molecule has 0 fully saturated rings. The van der Waals surface area contributed by atoms with Gasteiger partial charge in [0.15, 0.2) is 0 Å². The summed E-state index contributed by atoms with van der Waals surface area (Å²) < 4.78 is 35.9. The van der Waals surface area contributed by atoms with E-state index in [1.807, 2.05) is 41.5 Å². The maximum atomic E-state index is 5.99. The summed E-state index contributed by atoms with van der Waals surface area (Å²) in [6.45, 7) is 21.2. The summed E-state index contributed by atoms with van der Waals surface area (Å²) in [5, 5.41) is 0. The highest BCUT2D eigenvalue weighted by molar-refractivity contribution is 6.61. The van der Waals surface area contributed by atoms with E-state index in [0.29, 0.717) is 39.6 Å². The molecular formula is C21H49NO6Si2. The lowest BCUT2D eigenvalue weighted by molar-refractivity contribution is 0.0693. The second-order valence-corrected chi connectivity index (χ2v) is 12.5. The van der Waals surface area contributed by atoms with Crippen molar-refractivity contribution in [2.75, 3.05) is 59.3 Å². The summed E-state index contributed by atoms with van der Waals surface area (Å²) in [7, 11) is -5.12. The zero-order valence-electron chi connectivity index (χ0n) is 20.8. The first-order valence-corrected chi connectivity index (χ1v) is 15.9. The molecule has 0 bridgehead atoms. The van der Waals surface area contributed by atoms with E-state index < -0.39 is 17.6 Å². The second kappa shape index (κ2) is 18.7. The average Bonchev–Trinajstić information content (AvgIpc) is 2.69. The summed E-state index contributed by atoms with van der Waals surface area (Å²) in [6, 6.07) is 1.72. The monoisotopic (exact) mass is 467 g/mol. The van der Waals surface area contributed by atoms with E-state index in [-0.39, 0.29) is 0 Å². The lowest BCUT2D eigenvalue weighted by Gasteiger charge is -2.31. The van der Waals surface area contributed by atoms with Crippen LogP contribution in [0.5, 0.6) is 0 Å². The van der Waals surface area contributed by atoms with Crippen LogP contribution in [-0.2, 0) is 26.6 Å². The quantitative estimate of drug-likeness (QED) is 0.216. The Bertz CT molecular complexity index is 326. The van der Waals surface area contributed by atoms with Crippen LogP contribution in [0.1, 0.15) is 67.7 Å². The Hall–Kier alpha value is 0.154. The van der Waals surface area contributed by atoms with Gasteiger partial charge < -0.3 is 31.5 Å². The van der Waals surface area contributed by atoms with Gasteiger partial charge in [0, 0.05) is 51.7 Å². The minimum atomic E-state index is -2.56. The maximum Gasteiger partial charge on any atom is 0.500 e. The first kappa shape index (κ1) is 30.2. The Morgan fingerprint density at radius 1 is 0.467 bits per heavy atom. The summed E-state index contributed by atoms with van der Waals surface area (Å²) in [6.07, 6.45) is 3.16. The average molecular weight is 468 g/mol. The summed E-state index contributed by atoms with van der Waals surface area (Å²) >= 11 is 0. The number of hydrogen-bond acceptors (Lipinski definition) is 7. The zero-order valence-corrected chi connectivity index (χ0v) is 22.8. The predicted molar refractivity (Wildman–Crippen MR) is 127 cm³/mol. The van der Waals surface area contributed by atoms with E-state index in [9.17, 15) is 0 Å². The molecule has 0 aromatic carbocycles. The lowest BCUT2D eigenvalue weighted by Crippen LogP contribution is -2.47. The Morgan fingerprint density at radius 3 is 1.00 bits per heavy atom. The first-order chi connectivity index (χ1) is 14.5. The molecule has 182 valence electrons. The van der Waals surface area contributed by atoms with Crippen LogP contribution in [-0.4, -0.2) is 81.8 Å². The molecule has 7 nitrogen and oxygen atoms in total. The molecule has 0 radical (unpaired) electrons. The van der Waals surface area contributed by atoms with Crippen LogP contribution in [0.3, 0.4) is 0 Å². The Kier molecular flexibility index (Phi) is 18.8. The van der Waals surface area contributed by atoms with Crippen LogP contribution in [0, 0.1) is 0 Å². The van der Waals surface area contributed by atoms with E-state index >= 15 is 0 Å². The van der Waals surface area contributed by atoms with Gasteiger partial charge in [-0.2, -0.15) is 0 Å². The van der Waals surface area contributed by atoms with Crippen molar-refractivity contribution in [1.29, 1.82) is 0 Å². The molecule has 0 atom stereocenters. The molecule has 0 unspecified atom stereocenters. The molecule has 0 aromatic heterocycles. The van der Waals surface area contributed by atoms with Crippen molar-refractivity contribution in [3.63, 3.8) is 0 Å². The molecule has 0 aliphatic rings.